The molecule has 0 bridgehead atoms. The molecule has 0 radical (unpaired) electrons. The molecule has 31 heavy (non-hydrogen) atoms. The Labute approximate surface area is 185 Å². The average Bonchev–Trinajstić information content (AvgIpc) is 2.76. The van der Waals surface area contributed by atoms with Gasteiger partial charge in [0.25, 0.3) is 0 Å². The van der Waals surface area contributed by atoms with Gasteiger partial charge in [0.1, 0.15) is 0 Å². The van der Waals surface area contributed by atoms with Gasteiger partial charge in [-0.05, 0) is 60.1 Å². The van der Waals surface area contributed by atoms with E-state index in [0.717, 1.165) is 39.7 Å². The number of hydrogen-bond donors (Lipinski definition) is 1. The van der Waals surface area contributed by atoms with Gasteiger partial charge in [0.15, 0.2) is 0 Å². The SMILES string of the molecule is COC(=O)CCC=Cc1ccc2nc(CC(C)C)c(CN)c(-c3ccc(C)cc3)c2c1. The Hall–Kier alpha value is -2.98. The first kappa shape index (κ1) is 22.7. The van der Waals surface area contributed by atoms with Gasteiger partial charge in [-0.15, -0.1) is 0 Å². The smallest absolute Gasteiger partial charge is 0.305 e. The van der Waals surface area contributed by atoms with E-state index in [4.69, 9.17) is 15.5 Å². The van der Waals surface area contributed by atoms with Crippen LogP contribution < -0.4 is 5.73 Å². The maximum Gasteiger partial charge on any atom is 0.305 e. The Balaban J connectivity index is 2.12. The molecule has 2 N–H and O–H groups in total. The number of hydrogen-bond acceptors (Lipinski definition) is 4. The Morgan fingerprint density at radius 1 is 1.16 bits per heavy atom. The van der Waals surface area contributed by atoms with Crippen LogP contribution in [-0.2, 0) is 22.5 Å². The van der Waals surface area contributed by atoms with Crippen molar-refractivity contribution in [3.8, 4) is 11.1 Å². The lowest BCUT2D eigenvalue weighted by Gasteiger charge is -2.18. The third-order valence-electron chi connectivity index (χ3n) is 5.39. The summed E-state index contributed by atoms with van der Waals surface area (Å²) in [4.78, 5) is 16.3. The topological polar surface area (TPSA) is 65.2 Å². The number of fused-ring (bicyclic) bond motifs is 1. The predicted molar refractivity (Wildman–Crippen MR) is 129 cm³/mol. The van der Waals surface area contributed by atoms with Crippen LogP contribution >= 0.6 is 0 Å². The number of benzene rings is 2. The van der Waals surface area contributed by atoms with E-state index in [1.54, 1.807) is 0 Å². The molecule has 1 heterocycles. The number of allylic oxidation sites excluding steroid dienone is 1. The second kappa shape index (κ2) is 10.4. The molecule has 0 aliphatic carbocycles. The molecule has 0 atom stereocenters. The highest BCUT2D eigenvalue weighted by molar-refractivity contribution is 5.97. The van der Waals surface area contributed by atoms with Gasteiger partial charge >= 0.3 is 5.97 Å². The minimum Gasteiger partial charge on any atom is -0.469 e. The largest absolute Gasteiger partial charge is 0.469 e. The zero-order valence-electron chi connectivity index (χ0n) is 18.9. The van der Waals surface area contributed by atoms with Gasteiger partial charge in [-0.1, -0.05) is 61.9 Å². The summed E-state index contributed by atoms with van der Waals surface area (Å²) >= 11 is 0. The molecule has 0 amide bonds. The van der Waals surface area contributed by atoms with Gasteiger partial charge < -0.3 is 10.5 Å². The molecular weight excluding hydrogens is 384 g/mol. The van der Waals surface area contributed by atoms with Crippen molar-refractivity contribution < 1.29 is 9.53 Å². The zero-order valence-corrected chi connectivity index (χ0v) is 18.9. The lowest BCUT2D eigenvalue weighted by atomic mass is 9.90. The van der Waals surface area contributed by atoms with E-state index in [1.165, 1.54) is 18.2 Å². The van der Waals surface area contributed by atoms with E-state index in [9.17, 15) is 4.79 Å². The highest BCUT2D eigenvalue weighted by atomic mass is 16.5. The molecule has 162 valence electrons. The number of rotatable bonds is 8. The average molecular weight is 417 g/mol. The number of ether oxygens (including phenoxy) is 1. The number of nitrogens with zero attached hydrogens (tertiary/aromatic N) is 1. The third-order valence-corrected chi connectivity index (χ3v) is 5.39. The van der Waals surface area contributed by atoms with Gasteiger partial charge in [-0.2, -0.15) is 0 Å². The number of carbonyl (C=O) groups excluding carboxylic acids is 1. The summed E-state index contributed by atoms with van der Waals surface area (Å²) in [7, 11) is 1.41. The fourth-order valence-corrected chi connectivity index (χ4v) is 3.82. The summed E-state index contributed by atoms with van der Waals surface area (Å²) in [6.07, 6.45) is 5.98. The van der Waals surface area contributed by atoms with Crippen molar-refractivity contribution >= 4 is 22.9 Å². The quantitative estimate of drug-likeness (QED) is 0.469. The van der Waals surface area contributed by atoms with Crippen LogP contribution in [0.2, 0.25) is 0 Å². The summed E-state index contributed by atoms with van der Waals surface area (Å²) in [6.45, 7) is 6.97. The van der Waals surface area contributed by atoms with Crippen molar-refractivity contribution in [3.63, 3.8) is 0 Å². The van der Waals surface area contributed by atoms with Crippen molar-refractivity contribution in [2.45, 2.75) is 46.6 Å². The Morgan fingerprint density at radius 3 is 2.55 bits per heavy atom. The molecule has 0 unspecified atom stereocenters. The van der Waals surface area contributed by atoms with Crippen LogP contribution in [0.3, 0.4) is 0 Å². The summed E-state index contributed by atoms with van der Waals surface area (Å²) in [5, 5.41) is 1.10. The van der Waals surface area contributed by atoms with Crippen LogP contribution in [0.25, 0.3) is 28.1 Å². The van der Waals surface area contributed by atoms with Crippen molar-refractivity contribution in [1.82, 2.24) is 4.98 Å². The van der Waals surface area contributed by atoms with Gasteiger partial charge in [0, 0.05) is 24.0 Å². The maximum atomic E-state index is 11.3. The number of carbonyl (C=O) groups is 1. The number of nitrogens with two attached hydrogens (primary N) is 1. The van der Waals surface area contributed by atoms with Gasteiger partial charge in [0.2, 0.25) is 0 Å². The standard InChI is InChI=1S/C27H32N2O2/c1-18(2)15-25-23(17-28)27(21-12-9-19(3)10-13-21)22-16-20(11-14-24(22)29-25)7-5-6-8-26(30)31-4/h5,7,9-14,16,18H,6,8,15,17,28H2,1-4H3. The van der Waals surface area contributed by atoms with Crippen LogP contribution in [0.15, 0.2) is 48.5 Å². The van der Waals surface area contributed by atoms with Gasteiger partial charge in [-0.3, -0.25) is 9.78 Å². The number of pyridine rings is 1. The molecular formula is C27H32N2O2. The summed E-state index contributed by atoms with van der Waals surface area (Å²) in [6, 6.07) is 14.9. The molecule has 1 aromatic heterocycles. The van der Waals surface area contributed by atoms with Crippen molar-refractivity contribution in [1.29, 1.82) is 0 Å². The van der Waals surface area contributed by atoms with Crippen molar-refractivity contribution in [3.05, 3.63) is 70.9 Å². The molecule has 4 heteroatoms. The first-order valence-corrected chi connectivity index (χ1v) is 10.9. The second-order valence-corrected chi connectivity index (χ2v) is 8.37. The minimum absolute atomic E-state index is 0.195. The first-order chi connectivity index (χ1) is 14.9. The highest BCUT2D eigenvalue weighted by Crippen LogP contribution is 2.35. The Bertz CT molecular complexity index is 1080. The fourth-order valence-electron chi connectivity index (χ4n) is 3.82. The normalized spacial score (nSPS) is 11.5. The fraction of sp³-hybridized carbons (Fsp3) is 0.333. The zero-order chi connectivity index (χ0) is 22.4. The monoisotopic (exact) mass is 416 g/mol. The summed E-state index contributed by atoms with van der Waals surface area (Å²) < 4.78 is 4.70. The molecule has 0 aliphatic rings. The van der Waals surface area contributed by atoms with E-state index in [0.29, 0.717) is 25.3 Å². The summed E-state index contributed by atoms with van der Waals surface area (Å²) in [5.74, 6) is 0.303. The molecule has 2 aromatic carbocycles. The van der Waals surface area contributed by atoms with Crippen molar-refractivity contribution in [2.24, 2.45) is 11.7 Å². The van der Waals surface area contributed by atoms with Gasteiger partial charge in [0.05, 0.1) is 12.6 Å². The molecule has 3 aromatic rings. The Morgan fingerprint density at radius 2 is 1.90 bits per heavy atom. The van der Waals surface area contributed by atoms with E-state index >= 15 is 0 Å². The third kappa shape index (κ3) is 5.59. The second-order valence-electron chi connectivity index (χ2n) is 8.37. The predicted octanol–water partition coefficient (Wildman–Crippen LogP) is 5.83. The number of aryl methyl sites for hydroxylation is 1. The van der Waals surface area contributed by atoms with Crippen LogP contribution in [-0.4, -0.2) is 18.1 Å². The number of aromatic nitrogens is 1. The molecule has 0 saturated heterocycles. The van der Waals surface area contributed by atoms with Crippen molar-refractivity contribution in [2.75, 3.05) is 7.11 Å². The molecule has 0 fully saturated rings. The molecule has 0 spiro atoms. The summed E-state index contributed by atoms with van der Waals surface area (Å²) in [5.41, 5.74) is 14.1. The molecule has 4 nitrogen and oxygen atoms in total. The number of esters is 1. The van der Waals surface area contributed by atoms with Crippen LogP contribution in [0.1, 0.15) is 49.1 Å². The van der Waals surface area contributed by atoms with E-state index in [2.05, 4.69) is 63.2 Å². The highest BCUT2D eigenvalue weighted by Gasteiger charge is 2.17. The van der Waals surface area contributed by atoms with E-state index in [-0.39, 0.29) is 5.97 Å². The van der Waals surface area contributed by atoms with Gasteiger partial charge in [-0.25, -0.2) is 0 Å². The van der Waals surface area contributed by atoms with Crippen LogP contribution in [0.4, 0.5) is 0 Å². The molecule has 3 rings (SSSR count). The maximum absolute atomic E-state index is 11.3. The van der Waals surface area contributed by atoms with Crippen LogP contribution in [0, 0.1) is 12.8 Å². The lowest BCUT2D eigenvalue weighted by Crippen LogP contribution is -2.10. The minimum atomic E-state index is -0.195. The number of methoxy groups -OCH3 is 1. The molecule has 0 saturated carbocycles. The molecule has 0 aliphatic heterocycles. The van der Waals surface area contributed by atoms with E-state index < -0.39 is 0 Å². The van der Waals surface area contributed by atoms with Crippen LogP contribution in [0.5, 0.6) is 0 Å². The Kier molecular flexibility index (Phi) is 7.59. The lowest BCUT2D eigenvalue weighted by molar-refractivity contribution is -0.140. The first-order valence-electron chi connectivity index (χ1n) is 10.9. The van der Waals surface area contributed by atoms with E-state index in [1.807, 2.05) is 12.2 Å².